The summed E-state index contributed by atoms with van der Waals surface area (Å²) in [5, 5.41) is 14.3. The molecule has 1 aromatic heterocycles. The predicted molar refractivity (Wildman–Crippen MR) is 76.6 cm³/mol. The number of carbonyl (C=O) groups excluding carboxylic acids is 1. The molecule has 1 unspecified atom stereocenters. The minimum Gasteiger partial charge on any atom is -0.481 e. The lowest BCUT2D eigenvalue weighted by Crippen LogP contribution is -2.46. The van der Waals surface area contributed by atoms with E-state index in [1.807, 2.05) is 27.7 Å². The highest BCUT2D eigenvalue weighted by Gasteiger charge is 2.28. The number of hydrogen-bond acceptors (Lipinski definition) is 3. The van der Waals surface area contributed by atoms with Crippen molar-refractivity contribution in [3.8, 4) is 0 Å². The van der Waals surface area contributed by atoms with Crippen molar-refractivity contribution in [2.45, 2.75) is 40.2 Å². The molecule has 6 nitrogen and oxygen atoms in total. The van der Waals surface area contributed by atoms with Crippen molar-refractivity contribution in [1.29, 1.82) is 0 Å². The molecule has 3 N–H and O–H groups in total. The van der Waals surface area contributed by atoms with Gasteiger partial charge in [-0.1, -0.05) is 20.8 Å². The van der Waals surface area contributed by atoms with Gasteiger partial charge in [-0.25, -0.2) is 4.79 Å². The number of rotatable bonds is 4. The van der Waals surface area contributed by atoms with Crippen LogP contribution < -0.4 is 10.6 Å². The van der Waals surface area contributed by atoms with E-state index in [1.165, 1.54) is 0 Å². The maximum atomic E-state index is 12.0. The first kappa shape index (κ1) is 15.9. The highest BCUT2D eigenvalue weighted by Crippen LogP contribution is 2.22. The van der Waals surface area contributed by atoms with Gasteiger partial charge in [0.15, 0.2) is 0 Å². The van der Waals surface area contributed by atoms with Gasteiger partial charge in [-0.3, -0.25) is 9.78 Å². The Balaban J connectivity index is 2.72. The Labute approximate surface area is 118 Å². The average molecular weight is 279 g/mol. The topological polar surface area (TPSA) is 91.3 Å². The molecule has 0 aliphatic carbocycles. The Morgan fingerprint density at radius 1 is 1.40 bits per heavy atom. The first-order valence-electron chi connectivity index (χ1n) is 6.40. The molecule has 110 valence electrons. The van der Waals surface area contributed by atoms with Crippen LogP contribution >= 0.6 is 0 Å². The number of nitrogens with zero attached hydrogens (tertiary/aromatic N) is 1. The van der Waals surface area contributed by atoms with Gasteiger partial charge in [0.05, 0.1) is 18.3 Å². The molecule has 0 spiro atoms. The summed E-state index contributed by atoms with van der Waals surface area (Å²) in [6.07, 6.45) is 3.07. The van der Waals surface area contributed by atoms with Crippen LogP contribution in [0.25, 0.3) is 0 Å². The Morgan fingerprint density at radius 2 is 2.05 bits per heavy atom. The van der Waals surface area contributed by atoms with Crippen molar-refractivity contribution in [3.63, 3.8) is 0 Å². The number of carboxylic acid groups (broad SMARTS) is 1. The van der Waals surface area contributed by atoms with Crippen molar-refractivity contribution in [2.24, 2.45) is 5.41 Å². The Kier molecular flexibility index (Phi) is 5.07. The number of nitrogens with one attached hydrogen (secondary N) is 2. The molecule has 1 aromatic rings. The number of anilines is 1. The lowest BCUT2D eigenvalue weighted by atomic mass is 9.85. The Bertz CT molecular complexity index is 495. The van der Waals surface area contributed by atoms with Gasteiger partial charge in [-0.2, -0.15) is 0 Å². The van der Waals surface area contributed by atoms with E-state index in [4.69, 9.17) is 5.11 Å². The first-order valence-corrected chi connectivity index (χ1v) is 6.40. The molecule has 0 aliphatic heterocycles. The van der Waals surface area contributed by atoms with E-state index in [2.05, 4.69) is 15.6 Å². The molecular formula is C14H21N3O3. The third-order valence-electron chi connectivity index (χ3n) is 3.02. The summed E-state index contributed by atoms with van der Waals surface area (Å²) in [7, 11) is 0. The second kappa shape index (κ2) is 6.36. The van der Waals surface area contributed by atoms with Crippen molar-refractivity contribution in [3.05, 3.63) is 24.0 Å². The normalized spacial score (nSPS) is 12.6. The third kappa shape index (κ3) is 4.87. The zero-order valence-electron chi connectivity index (χ0n) is 12.2. The molecule has 0 fully saturated rings. The maximum Gasteiger partial charge on any atom is 0.319 e. The SMILES string of the molecule is Cc1ccncc1NC(=O)NC(CC(=O)O)C(C)(C)C. The molecule has 0 aliphatic rings. The zero-order chi connectivity index (χ0) is 15.3. The standard InChI is InChI=1S/C14H21N3O3/c1-9-5-6-15-8-10(9)16-13(20)17-11(7-12(18)19)14(2,3)4/h5-6,8,11H,7H2,1-4H3,(H,18,19)(H2,16,17,20). The fourth-order valence-corrected chi connectivity index (χ4v) is 1.66. The molecule has 20 heavy (non-hydrogen) atoms. The number of carbonyl (C=O) groups is 2. The number of amides is 2. The van der Waals surface area contributed by atoms with E-state index in [9.17, 15) is 9.59 Å². The maximum absolute atomic E-state index is 12.0. The van der Waals surface area contributed by atoms with Gasteiger partial charge in [0.25, 0.3) is 0 Å². The molecule has 1 rings (SSSR count). The van der Waals surface area contributed by atoms with E-state index in [0.717, 1.165) is 5.56 Å². The van der Waals surface area contributed by atoms with Crippen molar-refractivity contribution in [1.82, 2.24) is 10.3 Å². The summed E-state index contributed by atoms with van der Waals surface area (Å²) >= 11 is 0. The molecule has 2 amide bonds. The second-order valence-corrected chi connectivity index (χ2v) is 5.81. The van der Waals surface area contributed by atoms with E-state index < -0.39 is 18.0 Å². The number of carboxylic acids is 1. The number of aryl methyl sites for hydroxylation is 1. The van der Waals surface area contributed by atoms with Gasteiger partial charge in [0.2, 0.25) is 0 Å². The molecule has 1 heterocycles. The van der Waals surface area contributed by atoms with Crippen LogP contribution in [0.2, 0.25) is 0 Å². The third-order valence-corrected chi connectivity index (χ3v) is 3.02. The number of urea groups is 1. The molecule has 0 radical (unpaired) electrons. The fourth-order valence-electron chi connectivity index (χ4n) is 1.66. The predicted octanol–water partition coefficient (Wildman–Crippen LogP) is 2.40. The fraction of sp³-hybridized carbons (Fsp3) is 0.500. The van der Waals surface area contributed by atoms with Gasteiger partial charge in [0.1, 0.15) is 0 Å². The Hall–Kier alpha value is -2.11. The van der Waals surface area contributed by atoms with Gasteiger partial charge in [-0.05, 0) is 24.0 Å². The molecule has 0 saturated heterocycles. The lowest BCUT2D eigenvalue weighted by Gasteiger charge is -2.30. The quantitative estimate of drug-likeness (QED) is 0.789. The van der Waals surface area contributed by atoms with Crippen molar-refractivity contribution in [2.75, 3.05) is 5.32 Å². The summed E-state index contributed by atoms with van der Waals surface area (Å²) in [5.74, 6) is -0.942. The molecular weight excluding hydrogens is 258 g/mol. The van der Waals surface area contributed by atoms with Crippen LogP contribution in [0.15, 0.2) is 18.5 Å². The second-order valence-electron chi connectivity index (χ2n) is 5.81. The zero-order valence-corrected chi connectivity index (χ0v) is 12.2. The number of hydrogen-bond donors (Lipinski definition) is 3. The lowest BCUT2D eigenvalue weighted by molar-refractivity contribution is -0.138. The van der Waals surface area contributed by atoms with Gasteiger partial charge < -0.3 is 15.7 Å². The van der Waals surface area contributed by atoms with Gasteiger partial charge in [-0.15, -0.1) is 0 Å². The highest BCUT2D eigenvalue weighted by molar-refractivity contribution is 5.90. The summed E-state index contributed by atoms with van der Waals surface area (Å²) in [4.78, 5) is 26.8. The van der Waals surface area contributed by atoms with Crippen LogP contribution in [-0.4, -0.2) is 28.1 Å². The number of aliphatic carboxylic acids is 1. The average Bonchev–Trinajstić information content (AvgIpc) is 2.29. The van der Waals surface area contributed by atoms with Crippen LogP contribution in [-0.2, 0) is 4.79 Å². The van der Waals surface area contributed by atoms with E-state index >= 15 is 0 Å². The van der Waals surface area contributed by atoms with Gasteiger partial charge >= 0.3 is 12.0 Å². The van der Waals surface area contributed by atoms with Crippen LogP contribution in [0, 0.1) is 12.3 Å². The minimum atomic E-state index is -0.942. The van der Waals surface area contributed by atoms with Gasteiger partial charge in [0, 0.05) is 12.2 Å². The number of pyridine rings is 1. The minimum absolute atomic E-state index is 0.122. The molecule has 0 aromatic carbocycles. The molecule has 0 saturated carbocycles. The van der Waals surface area contributed by atoms with Crippen molar-refractivity contribution >= 4 is 17.7 Å². The van der Waals surface area contributed by atoms with Crippen LogP contribution in [0.5, 0.6) is 0 Å². The molecule has 6 heteroatoms. The first-order chi connectivity index (χ1) is 9.20. The summed E-state index contributed by atoms with van der Waals surface area (Å²) < 4.78 is 0. The number of aromatic nitrogens is 1. The van der Waals surface area contributed by atoms with E-state index in [1.54, 1.807) is 18.5 Å². The van der Waals surface area contributed by atoms with E-state index in [-0.39, 0.29) is 11.8 Å². The smallest absolute Gasteiger partial charge is 0.319 e. The van der Waals surface area contributed by atoms with E-state index in [0.29, 0.717) is 5.69 Å². The molecule has 1 atom stereocenters. The van der Waals surface area contributed by atoms with Crippen molar-refractivity contribution < 1.29 is 14.7 Å². The van der Waals surface area contributed by atoms with Crippen LogP contribution in [0.1, 0.15) is 32.8 Å². The largest absolute Gasteiger partial charge is 0.481 e. The summed E-state index contributed by atoms with van der Waals surface area (Å²) in [6, 6.07) is 0.896. The highest BCUT2D eigenvalue weighted by atomic mass is 16.4. The van der Waals surface area contributed by atoms with Crippen LogP contribution in [0.4, 0.5) is 10.5 Å². The monoisotopic (exact) mass is 279 g/mol. The molecule has 0 bridgehead atoms. The Morgan fingerprint density at radius 3 is 2.55 bits per heavy atom. The summed E-state index contributed by atoms with van der Waals surface area (Å²) in [6.45, 7) is 7.51. The van der Waals surface area contributed by atoms with Crippen LogP contribution in [0.3, 0.4) is 0 Å². The summed E-state index contributed by atoms with van der Waals surface area (Å²) in [5.41, 5.74) is 1.15.